The van der Waals surface area contributed by atoms with Gasteiger partial charge in [0.25, 0.3) is 5.56 Å². The van der Waals surface area contributed by atoms with Crippen LogP contribution in [0.15, 0.2) is 52.1 Å². The van der Waals surface area contributed by atoms with Crippen LogP contribution < -0.4 is 16.6 Å². The van der Waals surface area contributed by atoms with Crippen molar-refractivity contribution in [3.63, 3.8) is 0 Å². The third kappa shape index (κ3) is 3.88. The van der Waals surface area contributed by atoms with Gasteiger partial charge in [0.15, 0.2) is 0 Å². The molecule has 1 amide bonds. The van der Waals surface area contributed by atoms with Crippen molar-refractivity contribution in [3.05, 3.63) is 74.4 Å². The number of aromatic nitrogens is 2. The number of carbonyl (C=O) groups excluding carboxylic acids is 1. The Labute approximate surface area is 169 Å². The molecule has 3 rings (SSSR count). The molecule has 0 radical (unpaired) electrons. The molecule has 1 unspecified atom stereocenters. The van der Waals surface area contributed by atoms with Crippen LogP contribution >= 0.6 is 0 Å². The molecule has 0 fully saturated rings. The smallest absolute Gasteiger partial charge is 0.324 e. The molecule has 1 aromatic heterocycles. The molecule has 1 atom stereocenters. The standard InChI is InChI=1S/C23H27N3O3/c1-5-16(4)26-22(28)18-12-7-8-13-19(18)25(23(26)29)14-20(27)24-21-15(3)10-9-11-17(21)6-2/h7-13,16H,5-6,14H2,1-4H3,(H,24,27). The van der Waals surface area contributed by atoms with E-state index in [9.17, 15) is 14.4 Å². The number of para-hydroxylation sites is 2. The minimum atomic E-state index is -0.460. The molecule has 6 nitrogen and oxygen atoms in total. The minimum absolute atomic E-state index is 0.159. The summed E-state index contributed by atoms with van der Waals surface area (Å²) < 4.78 is 2.64. The molecule has 0 saturated heterocycles. The first-order chi connectivity index (χ1) is 13.9. The zero-order valence-corrected chi connectivity index (χ0v) is 17.4. The number of nitrogens with one attached hydrogen (secondary N) is 1. The molecule has 0 aliphatic carbocycles. The van der Waals surface area contributed by atoms with Gasteiger partial charge >= 0.3 is 5.69 Å². The van der Waals surface area contributed by atoms with Crippen molar-refractivity contribution in [1.82, 2.24) is 9.13 Å². The number of hydrogen-bond acceptors (Lipinski definition) is 3. The Hall–Kier alpha value is -3.15. The summed E-state index contributed by atoms with van der Waals surface area (Å²) in [7, 11) is 0. The molecule has 1 heterocycles. The van der Waals surface area contributed by atoms with E-state index in [1.165, 1.54) is 9.13 Å². The van der Waals surface area contributed by atoms with Crippen LogP contribution in [0, 0.1) is 6.92 Å². The van der Waals surface area contributed by atoms with Crippen molar-refractivity contribution < 1.29 is 4.79 Å². The summed E-state index contributed by atoms with van der Waals surface area (Å²) in [5.74, 6) is -0.296. The Morgan fingerprint density at radius 2 is 1.79 bits per heavy atom. The van der Waals surface area contributed by atoms with Crippen molar-refractivity contribution in [2.24, 2.45) is 0 Å². The summed E-state index contributed by atoms with van der Waals surface area (Å²) in [5, 5.41) is 3.40. The summed E-state index contributed by atoms with van der Waals surface area (Å²) in [6.45, 7) is 7.58. The Morgan fingerprint density at radius 1 is 1.07 bits per heavy atom. The summed E-state index contributed by atoms with van der Waals surface area (Å²) >= 11 is 0. The number of hydrogen-bond donors (Lipinski definition) is 1. The first kappa shape index (κ1) is 20.6. The molecule has 29 heavy (non-hydrogen) atoms. The number of benzene rings is 2. The van der Waals surface area contributed by atoms with Gasteiger partial charge in [0.05, 0.1) is 10.9 Å². The normalized spacial score (nSPS) is 12.1. The summed E-state index contributed by atoms with van der Waals surface area (Å²) in [5.41, 5.74) is 2.49. The van der Waals surface area contributed by atoms with E-state index >= 15 is 0 Å². The van der Waals surface area contributed by atoms with E-state index in [2.05, 4.69) is 5.32 Å². The van der Waals surface area contributed by atoms with Gasteiger partial charge in [-0.25, -0.2) is 4.79 Å². The van der Waals surface area contributed by atoms with E-state index in [-0.39, 0.29) is 24.1 Å². The van der Waals surface area contributed by atoms with Crippen molar-refractivity contribution >= 4 is 22.5 Å². The fourth-order valence-electron chi connectivity index (χ4n) is 3.59. The highest BCUT2D eigenvalue weighted by Gasteiger charge is 2.18. The largest absolute Gasteiger partial charge is 0.332 e. The maximum absolute atomic E-state index is 13.1. The van der Waals surface area contributed by atoms with E-state index < -0.39 is 5.69 Å². The highest BCUT2D eigenvalue weighted by molar-refractivity contribution is 5.93. The molecule has 2 aromatic carbocycles. The summed E-state index contributed by atoms with van der Waals surface area (Å²) in [4.78, 5) is 38.9. The van der Waals surface area contributed by atoms with Gasteiger partial charge < -0.3 is 5.32 Å². The van der Waals surface area contributed by atoms with Gasteiger partial charge in [-0.1, -0.05) is 44.2 Å². The summed E-state index contributed by atoms with van der Waals surface area (Å²) in [6.07, 6.45) is 1.43. The second-order valence-corrected chi connectivity index (χ2v) is 7.33. The predicted molar refractivity (Wildman–Crippen MR) is 117 cm³/mol. The number of fused-ring (bicyclic) bond motifs is 1. The van der Waals surface area contributed by atoms with Crippen molar-refractivity contribution in [1.29, 1.82) is 0 Å². The van der Waals surface area contributed by atoms with Gasteiger partial charge in [0.2, 0.25) is 5.91 Å². The van der Waals surface area contributed by atoms with Crippen LogP contribution in [0.25, 0.3) is 10.9 Å². The molecule has 0 aliphatic rings. The SMILES string of the molecule is CCc1cccc(C)c1NC(=O)Cn1c(=O)n(C(C)CC)c(=O)c2ccccc21. The van der Waals surface area contributed by atoms with Crippen LogP contribution in [0.1, 0.15) is 44.4 Å². The van der Waals surface area contributed by atoms with Gasteiger partial charge in [-0.05, 0) is 49.9 Å². The topological polar surface area (TPSA) is 73.1 Å². The molecule has 1 N–H and O–H groups in total. The molecule has 0 spiro atoms. The van der Waals surface area contributed by atoms with Gasteiger partial charge in [-0.2, -0.15) is 0 Å². The molecule has 152 valence electrons. The zero-order valence-electron chi connectivity index (χ0n) is 17.4. The Bertz CT molecular complexity index is 1170. The summed E-state index contributed by atoms with van der Waals surface area (Å²) in [6, 6.07) is 12.6. The Balaban J connectivity index is 2.08. The lowest BCUT2D eigenvalue weighted by Gasteiger charge is -2.18. The van der Waals surface area contributed by atoms with E-state index in [0.717, 1.165) is 23.2 Å². The minimum Gasteiger partial charge on any atom is -0.324 e. The van der Waals surface area contributed by atoms with Crippen molar-refractivity contribution in [2.75, 3.05) is 5.32 Å². The first-order valence-electron chi connectivity index (χ1n) is 10.0. The van der Waals surface area contributed by atoms with Gasteiger partial charge in [0, 0.05) is 11.7 Å². The number of nitrogens with zero attached hydrogens (tertiary/aromatic N) is 2. The molecule has 0 aliphatic heterocycles. The number of carbonyl (C=O) groups is 1. The van der Waals surface area contributed by atoms with Crippen LogP contribution in [0.5, 0.6) is 0 Å². The first-order valence-corrected chi connectivity index (χ1v) is 10.0. The van der Waals surface area contributed by atoms with E-state index in [1.807, 2.05) is 45.9 Å². The highest BCUT2D eigenvalue weighted by atomic mass is 16.2. The number of amides is 1. The van der Waals surface area contributed by atoms with Gasteiger partial charge in [-0.3, -0.25) is 18.7 Å². The monoisotopic (exact) mass is 393 g/mol. The zero-order chi connectivity index (χ0) is 21.1. The highest BCUT2D eigenvalue weighted by Crippen LogP contribution is 2.21. The Kier molecular flexibility index (Phi) is 6.01. The second-order valence-electron chi connectivity index (χ2n) is 7.33. The molecular weight excluding hydrogens is 366 g/mol. The van der Waals surface area contributed by atoms with Crippen LogP contribution in [-0.4, -0.2) is 15.0 Å². The lowest BCUT2D eigenvalue weighted by Crippen LogP contribution is -2.43. The third-order valence-electron chi connectivity index (χ3n) is 5.42. The quantitative estimate of drug-likeness (QED) is 0.695. The van der Waals surface area contributed by atoms with Gasteiger partial charge in [-0.15, -0.1) is 0 Å². The van der Waals surface area contributed by atoms with Crippen LogP contribution in [0.2, 0.25) is 0 Å². The lowest BCUT2D eigenvalue weighted by molar-refractivity contribution is -0.116. The molecular formula is C23H27N3O3. The van der Waals surface area contributed by atoms with Crippen molar-refractivity contribution in [3.8, 4) is 0 Å². The number of aryl methyl sites for hydroxylation is 2. The number of anilines is 1. The average molecular weight is 393 g/mol. The van der Waals surface area contributed by atoms with E-state index in [4.69, 9.17) is 0 Å². The predicted octanol–water partition coefficient (Wildman–Crippen LogP) is 3.64. The van der Waals surface area contributed by atoms with E-state index in [1.54, 1.807) is 24.3 Å². The number of rotatable bonds is 6. The van der Waals surface area contributed by atoms with Gasteiger partial charge in [0.1, 0.15) is 6.54 Å². The Morgan fingerprint density at radius 3 is 2.48 bits per heavy atom. The average Bonchev–Trinajstić information content (AvgIpc) is 2.72. The maximum Gasteiger partial charge on any atom is 0.332 e. The molecule has 0 bridgehead atoms. The van der Waals surface area contributed by atoms with Crippen molar-refractivity contribution in [2.45, 2.75) is 53.1 Å². The third-order valence-corrected chi connectivity index (χ3v) is 5.42. The molecule has 0 saturated carbocycles. The second kappa shape index (κ2) is 8.47. The lowest BCUT2D eigenvalue weighted by atomic mass is 10.1. The van der Waals surface area contributed by atoms with Crippen LogP contribution in [-0.2, 0) is 17.8 Å². The molecule has 3 aromatic rings. The maximum atomic E-state index is 13.1. The van der Waals surface area contributed by atoms with Crippen LogP contribution in [0.3, 0.4) is 0 Å². The van der Waals surface area contributed by atoms with E-state index in [0.29, 0.717) is 17.3 Å². The fourth-order valence-corrected chi connectivity index (χ4v) is 3.59. The van der Waals surface area contributed by atoms with Crippen LogP contribution in [0.4, 0.5) is 5.69 Å². The fraction of sp³-hybridized carbons (Fsp3) is 0.348. The molecule has 6 heteroatoms.